The quantitative estimate of drug-likeness (QED) is 0.397. The van der Waals surface area contributed by atoms with Gasteiger partial charge >= 0.3 is 11.9 Å². The van der Waals surface area contributed by atoms with Gasteiger partial charge in [-0.2, -0.15) is 0 Å². The fraction of sp³-hybridized carbons (Fsp3) is 0.222. The van der Waals surface area contributed by atoms with Crippen LogP contribution in [0.2, 0.25) is 0 Å². The predicted molar refractivity (Wildman–Crippen MR) is 51.5 cm³/mol. The molecule has 0 rings (SSSR count). The zero-order chi connectivity index (χ0) is 12.4. The second-order valence-electron chi connectivity index (χ2n) is 2.41. The van der Waals surface area contributed by atoms with Gasteiger partial charge in [-0.1, -0.05) is 0 Å². The third-order valence-electron chi connectivity index (χ3n) is 0.781. The minimum Gasteiger partial charge on any atom is -0.512 e. The third kappa shape index (κ3) is 29.4. The average molecular weight is 272 g/mol. The molecule has 0 aromatic carbocycles. The van der Waals surface area contributed by atoms with Crippen molar-refractivity contribution in [3.05, 3.63) is 24.0 Å². The van der Waals surface area contributed by atoms with Gasteiger partial charge in [-0.25, -0.2) is 9.59 Å². The Labute approximate surface area is 103 Å². The maximum absolute atomic E-state index is 10.0. The van der Waals surface area contributed by atoms with Gasteiger partial charge in [-0.3, -0.25) is 4.79 Å². The van der Waals surface area contributed by atoms with Gasteiger partial charge in [-0.15, -0.1) is 0 Å². The Kier molecular flexibility index (Phi) is 14.3. The zero-order valence-electron chi connectivity index (χ0n) is 8.65. The normalized spacial score (nSPS) is 9.75. The summed E-state index contributed by atoms with van der Waals surface area (Å²) in [7, 11) is 0. The van der Waals surface area contributed by atoms with Crippen LogP contribution in [0.15, 0.2) is 24.0 Å². The summed E-state index contributed by atoms with van der Waals surface area (Å²) in [6, 6.07) is 0. The van der Waals surface area contributed by atoms with Crippen LogP contribution >= 0.6 is 0 Å². The molecule has 0 aliphatic rings. The first-order chi connectivity index (χ1) is 6.75. The maximum Gasteiger partial charge on any atom is 0.328 e. The molecule has 0 aromatic rings. The van der Waals surface area contributed by atoms with Crippen LogP contribution in [0.3, 0.4) is 0 Å². The smallest absolute Gasteiger partial charge is 0.328 e. The van der Waals surface area contributed by atoms with Crippen molar-refractivity contribution in [3.8, 4) is 0 Å². The van der Waals surface area contributed by atoms with Crippen molar-refractivity contribution in [1.82, 2.24) is 0 Å². The Balaban J connectivity index is -0.000000200. The van der Waals surface area contributed by atoms with Crippen LogP contribution in [0.1, 0.15) is 13.8 Å². The first-order valence-electron chi connectivity index (χ1n) is 3.77. The van der Waals surface area contributed by atoms with Crippen LogP contribution in [0.5, 0.6) is 0 Å². The Morgan fingerprint density at radius 3 is 1.25 bits per heavy atom. The number of ketones is 1. The number of aliphatic hydroxyl groups is 1. The molecular weight excluding hydrogens is 260 g/mol. The molecule has 6 nitrogen and oxygen atoms in total. The fourth-order valence-electron chi connectivity index (χ4n) is 0.437. The molecule has 7 heteroatoms. The van der Waals surface area contributed by atoms with E-state index in [1.54, 1.807) is 0 Å². The molecule has 0 unspecified atom stereocenters. The number of hydrogen-bond acceptors (Lipinski definition) is 4. The molecule has 0 fully saturated rings. The maximum atomic E-state index is 10.0. The molecule has 0 atom stereocenters. The van der Waals surface area contributed by atoms with Gasteiger partial charge in [-0.05, 0) is 13.8 Å². The van der Waals surface area contributed by atoms with Gasteiger partial charge in [0.1, 0.15) is 0 Å². The minimum atomic E-state index is -1.26. The summed E-state index contributed by atoms with van der Waals surface area (Å²) in [5, 5.41) is 24.0. The van der Waals surface area contributed by atoms with Crippen molar-refractivity contribution in [2.45, 2.75) is 13.8 Å². The predicted octanol–water partition coefficient (Wildman–Crippen LogP) is 0.747. The van der Waals surface area contributed by atoms with E-state index in [-0.39, 0.29) is 28.6 Å². The number of carboxylic acids is 2. The number of aliphatic carboxylic acids is 2. The summed E-state index contributed by atoms with van der Waals surface area (Å²) in [5.74, 6) is -2.58. The number of rotatable bonds is 3. The summed E-state index contributed by atoms with van der Waals surface area (Å²) >= 11 is 0. The molecule has 0 aliphatic carbocycles. The summed E-state index contributed by atoms with van der Waals surface area (Å²) in [5.41, 5.74) is 0. The van der Waals surface area contributed by atoms with Crippen LogP contribution in [0.25, 0.3) is 0 Å². The van der Waals surface area contributed by atoms with Crippen molar-refractivity contribution in [2.75, 3.05) is 0 Å². The topological polar surface area (TPSA) is 112 Å². The van der Waals surface area contributed by atoms with Crippen molar-refractivity contribution in [2.24, 2.45) is 0 Å². The second-order valence-corrected chi connectivity index (χ2v) is 2.41. The van der Waals surface area contributed by atoms with Gasteiger partial charge in [0, 0.05) is 35.3 Å². The molecule has 0 radical (unpaired) electrons. The van der Waals surface area contributed by atoms with Gasteiger partial charge in [0.25, 0.3) is 0 Å². The third-order valence-corrected chi connectivity index (χ3v) is 0.781. The van der Waals surface area contributed by atoms with E-state index in [1.165, 1.54) is 19.9 Å². The number of carbonyl (C=O) groups excluding carboxylic acids is 1. The molecule has 92 valence electrons. The number of carboxylic acid groups (broad SMARTS) is 2. The van der Waals surface area contributed by atoms with Crippen LogP contribution < -0.4 is 0 Å². The van der Waals surface area contributed by atoms with Crippen molar-refractivity contribution in [3.63, 3.8) is 0 Å². The first kappa shape index (κ1) is 19.9. The average Bonchev–Trinajstić information content (AvgIpc) is 1.99. The van der Waals surface area contributed by atoms with Gasteiger partial charge < -0.3 is 15.3 Å². The van der Waals surface area contributed by atoms with Gasteiger partial charge in [0.15, 0.2) is 5.78 Å². The molecule has 0 saturated heterocycles. The second kappa shape index (κ2) is 11.5. The molecule has 16 heavy (non-hydrogen) atoms. The van der Waals surface area contributed by atoms with Gasteiger partial charge in [0.05, 0.1) is 5.76 Å². The standard InChI is InChI=1S/C5H8O2.C4H4O4.Fe/c1-4(6)3-5(2)7;5-3(6)1-2-4(7)8;/h3,6H,1-2H3;1-2H,(H,5,6)(H,7,8);/b4-3-;2-1+;. The SMILES string of the molecule is CC(=O)/C=C(/C)O.O=C(O)/C=C/C(=O)O.[Fe]. The van der Waals surface area contributed by atoms with E-state index in [4.69, 9.17) is 15.3 Å². The van der Waals surface area contributed by atoms with Crippen molar-refractivity contribution < 1.29 is 46.8 Å². The van der Waals surface area contributed by atoms with E-state index in [0.29, 0.717) is 12.2 Å². The monoisotopic (exact) mass is 272 g/mol. The molecular formula is C9H12FeO6. The van der Waals surface area contributed by atoms with Crippen LogP contribution in [-0.2, 0) is 31.5 Å². The van der Waals surface area contributed by atoms with Crippen LogP contribution in [0, 0.1) is 0 Å². The number of allylic oxidation sites excluding steroid dienone is 2. The summed E-state index contributed by atoms with van der Waals surface area (Å²) in [6.07, 6.45) is 2.28. The zero-order valence-corrected chi connectivity index (χ0v) is 9.76. The van der Waals surface area contributed by atoms with E-state index < -0.39 is 11.9 Å². The molecule has 3 N–H and O–H groups in total. The Bertz CT molecular complexity index is 285. The molecule has 0 saturated carbocycles. The van der Waals surface area contributed by atoms with E-state index in [1.807, 2.05) is 0 Å². The molecule has 0 bridgehead atoms. The molecule has 0 aromatic heterocycles. The Hall–Kier alpha value is -1.59. The van der Waals surface area contributed by atoms with Crippen molar-refractivity contribution in [1.29, 1.82) is 0 Å². The Morgan fingerprint density at radius 1 is 0.875 bits per heavy atom. The Morgan fingerprint density at radius 2 is 1.19 bits per heavy atom. The number of aliphatic hydroxyl groups excluding tert-OH is 1. The van der Waals surface area contributed by atoms with Crippen molar-refractivity contribution >= 4 is 17.7 Å². The molecule has 0 heterocycles. The largest absolute Gasteiger partial charge is 0.512 e. The van der Waals surface area contributed by atoms with Gasteiger partial charge in [0.2, 0.25) is 0 Å². The fourth-order valence-corrected chi connectivity index (χ4v) is 0.437. The van der Waals surface area contributed by atoms with E-state index >= 15 is 0 Å². The van der Waals surface area contributed by atoms with E-state index in [0.717, 1.165) is 0 Å². The summed E-state index contributed by atoms with van der Waals surface area (Å²) in [6.45, 7) is 2.85. The van der Waals surface area contributed by atoms with E-state index in [9.17, 15) is 14.4 Å². The molecule has 0 aliphatic heterocycles. The summed E-state index contributed by atoms with van der Waals surface area (Å²) in [4.78, 5) is 29.1. The van der Waals surface area contributed by atoms with Crippen LogP contribution in [0.4, 0.5) is 0 Å². The number of carbonyl (C=O) groups is 3. The first-order valence-corrected chi connectivity index (χ1v) is 3.77. The molecule has 0 spiro atoms. The van der Waals surface area contributed by atoms with E-state index in [2.05, 4.69) is 0 Å². The molecule has 0 amide bonds. The van der Waals surface area contributed by atoms with Crippen LogP contribution in [-0.4, -0.2) is 33.0 Å². The number of hydrogen-bond donors (Lipinski definition) is 3. The summed E-state index contributed by atoms with van der Waals surface area (Å²) < 4.78 is 0. The minimum absolute atomic E-state index is 0.